The van der Waals surface area contributed by atoms with E-state index in [4.69, 9.17) is 24.0 Å². The monoisotopic (exact) mass is 712 g/mol. The maximum Gasteiger partial charge on any atom is 0.469 e. The minimum absolute atomic E-state index is 0.185. The molecule has 1 rings (SSSR count). The molecule has 0 saturated carbocycles. The van der Waals surface area contributed by atoms with E-state index in [9.17, 15) is 14.2 Å². The summed E-state index contributed by atoms with van der Waals surface area (Å²) < 4.78 is 32.1. The fourth-order valence-corrected chi connectivity index (χ4v) is 5.91. The fourth-order valence-electron chi connectivity index (χ4n) is 5.55. The van der Waals surface area contributed by atoms with Gasteiger partial charge in [-0.3, -0.25) is 14.1 Å². The molecule has 284 valence electrons. The number of phosphoric ester groups is 1. The molecule has 0 aromatic rings. The van der Waals surface area contributed by atoms with Crippen LogP contribution in [0.5, 0.6) is 0 Å². The van der Waals surface area contributed by atoms with Crippen LogP contribution in [-0.4, -0.2) is 53.3 Å². The van der Waals surface area contributed by atoms with Gasteiger partial charge in [0.2, 0.25) is 0 Å². The number of hydrogen-bond acceptors (Lipinski definition) is 7. The van der Waals surface area contributed by atoms with Crippen molar-refractivity contribution in [3.8, 4) is 0 Å². The Bertz CT molecular complexity index is 958. The molecule has 0 bridgehead atoms. The lowest BCUT2D eigenvalue weighted by Gasteiger charge is -2.18. The van der Waals surface area contributed by atoms with Crippen molar-refractivity contribution in [2.45, 2.75) is 186 Å². The van der Waals surface area contributed by atoms with Crippen molar-refractivity contribution in [1.29, 1.82) is 0 Å². The molecule has 2 N–H and O–H groups in total. The molecule has 0 radical (unpaired) electrons. The molecule has 0 spiro atoms. The first-order valence-electron chi connectivity index (χ1n) is 19.4. The van der Waals surface area contributed by atoms with Gasteiger partial charge in [-0.2, -0.15) is 0 Å². The minimum Gasteiger partial charge on any atom is -0.462 e. The van der Waals surface area contributed by atoms with E-state index in [2.05, 4.69) is 54.8 Å². The quantitative estimate of drug-likeness (QED) is 0.0167. The molecule has 1 aliphatic heterocycles. The summed E-state index contributed by atoms with van der Waals surface area (Å²) >= 11 is 0. The van der Waals surface area contributed by atoms with Crippen molar-refractivity contribution in [2.24, 2.45) is 0 Å². The molecule has 0 aromatic heterocycles. The first-order valence-corrected chi connectivity index (χ1v) is 21.0. The number of rotatable bonds is 34. The molecule has 3 atom stereocenters. The summed E-state index contributed by atoms with van der Waals surface area (Å²) in [6, 6.07) is 0. The molecule has 49 heavy (non-hydrogen) atoms. The Morgan fingerprint density at radius 2 is 1.18 bits per heavy atom. The summed E-state index contributed by atoms with van der Waals surface area (Å²) in [6.07, 6.45) is 37.4. The average molecular weight is 713 g/mol. The zero-order chi connectivity index (χ0) is 35.8. The van der Waals surface area contributed by atoms with Crippen molar-refractivity contribution in [2.75, 3.05) is 13.2 Å². The summed E-state index contributed by atoms with van der Waals surface area (Å²) in [5, 5.41) is 0. The lowest BCUT2D eigenvalue weighted by molar-refractivity contribution is -0.161. The number of epoxide rings is 1. The Hall–Kier alpha value is -1.77. The Morgan fingerprint density at radius 1 is 0.653 bits per heavy atom. The summed E-state index contributed by atoms with van der Waals surface area (Å²) in [6.45, 7) is 3.59. The predicted molar refractivity (Wildman–Crippen MR) is 197 cm³/mol. The first-order chi connectivity index (χ1) is 23.7. The van der Waals surface area contributed by atoms with E-state index in [-0.39, 0.29) is 19.4 Å². The molecule has 10 heteroatoms. The van der Waals surface area contributed by atoms with Crippen molar-refractivity contribution in [1.82, 2.24) is 0 Å². The maximum atomic E-state index is 12.4. The average Bonchev–Trinajstić information content (AvgIpc) is 3.82. The van der Waals surface area contributed by atoms with Crippen molar-refractivity contribution < 1.29 is 42.7 Å². The Kier molecular flexibility index (Phi) is 28.6. The van der Waals surface area contributed by atoms with E-state index in [1.54, 1.807) is 0 Å². The van der Waals surface area contributed by atoms with Gasteiger partial charge >= 0.3 is 19.8 Å². The van der Waals surface area contributed by atoms with E-state index in [1.807, 2.05) is 0 Å². The Labute approximate surface area is 297 Å². The highest BCUT2D eigenvalue weighted by Crippen LogP contribution is 2.36. The highest BCUT2D eigenvalue weighted by Gasteiger charge is 2.36. The standard InChI is InChI=1S/C39H69O9P/c1-3-5-7-9-11-12-13-14-15-16-17-18-19-23-27-31-38(40)45-33-35(34-46-49(42,43)44)47-39(41)32-28-24-20-22-26-30-37-36(48-37)29-25-21-10-8-6-4-2/h12-15,21,25,35-37H,3-11,16-20,22-24,26-34H2,1-2H3,(H2,42,43,44)/b13-12-,15-14-,25-21-/t35-,36?,37?/m1/s1. The molecular formula is C39H69O9P. The number of allylic oxidation sites excluding steroid dienone is 5. The minimum atomic E-state index is -4.76. The van der Waals surface area contributed by atoms with Crippen LogP contribution in [0.25, 0.3) is 0 Å². The summed E-state index contributed by atoms with van der Waals surface area (Å²) in [5.74, 6) is -0.927. The molecule has 0 aliphatic carbocycles. The Morgan fingerprint density at radius 3 is 1.84 bits per heavy atom. The lowest BCUT2D eigenvalue weighted by atomic mass is 10.1. The van der Waals surface area contributed by atoms with Crippen LogP contribution in [0.1, 0.15) is 168 Å². The molecule has 1 aliphatic rings. The maximum absolute atomic E-state index is 12.4. The zero-order valence-corrected chi connectivity index (χ0v) is 31.7. The van der Waals surface area contributed by atoms with Crippen molar-refractivity contribution in [3.05, 3.63) is 36.5 Å². The Balaban J connectivity index is 2.11. The molecule has 2 unspecified atom stereocenters. The second-order valence-electron chi connectivity index (χ2n) is 13.3. The second kappa shape index (κ2) is 31.0. The van der Waals surface area contributed by atoms with Crippen LogP contribution in [-0.2, 0) is 32.9 Å². The lowest BCUT2D eigenvalue weighted by Crippen LogP contribution is -2.29. The smallest absolute Gasteiger partial charge is 0.462 e. The van der Waals surface area contributed by atoms with Crippen LogP contribution in [0.3, 0.4) is 0 Å². The van der Waals surface area contributed by atoms with E-state index < -0.39 is 32.5 Å². The van der Waals surface area contributed by atoms with Gasteiger partial charge in [-0.15, -0.1) is 0 Å². The highest BCUT2D eigenvalue weighted by atomic mass is 31.2. The highest BCUT2D eigenvalue weighted by molar-refractivity contribution is 7.46. The van der Waals surface area contributed by atoms with Gasteiger partial charge in [0, 0.05) is 12.8 Å². The van der Waals surface area contributed by atoms with Crippen molar-refractivity contribution in [3.63, 3.8) is 0 Å². The van der Waals surface area contributed by atoms with Gasteiger partial charge in [0.1, 0.15) is 6.61 Å². The van der Waals surface area contributed by atoms with Gasteiger partial charge in [0.05, 0.1) is 18.8 Å². The summed E-state index contributed by atoms with van der Waals surface area (Å²) in [4.78, 5) is 42.8. The normalized spacial score (nSPS) is 17.0. The fraction of sp³-hybridized carbons (Fsp3) is 0.795. The number of carbonyl (C=O) groups excluding carboxylic acids is 2. The van der Waals surface area contributed by atoms with Crippen LogP contribution in [0.4, 0.5) is 0 Å². The third kappa shape index (κ3) is 30.8. The SMILES string of the molecule is CCCCC/C=C\CC1OC1CCCCCCCC(=O)O[C@H](COC(=O)CCCCCCC/C=C\C=C/CCCCCC)COP(=O)(O)O. The van der Waals surface area contributed by atoms with Crippen LogP contribution in [0, 0.1) is 0 Å². The van der Waals surface area contributed by atoms with Gasteiger partial charge in [-0.25, -0.2) is 4.57 Å². The van der Waals surface area contributed by atoms with Crippen molar-refractivity contribution >= 4 is 19.8 Å². The van der Waals surface area contributed by atoms with Gasteiger partial charge in [0.15, 0.2) is 6.10 Å². The topological polar surface area (TPSA) is 132 Å². The second-order valence-corrected chi connectivity index (χ2v) is 14.6. The van der Waals surface area contributed by atoms with Crippen LogP contribution < -0.4 is 0 Å². The number of phosphoric acid groups is 1. The van der Waals surface area contributed by atoms with E-state index in [0.29, 0.717) is 25.0 Å². The summed E-state index contributed by atoms with van der Waals surface area (Å²) in [5.41, 5.74) is 0. The van der Waals surface area contributed by atoms with Gasteiger partial charge in [0.25, 0.3) is 0 Å². The zero-order valence-electron chi connectivity index (χ0n) is 30.8. The number of esters is 2. The number of ether oxygens (including phenoxy) is 3. The number of carbonyl (C=O) groups is 2. The van der Waals surface area contributed by atoms with Crippen LogP contribution in [0.2, 0.25) is 0 Å². The predicted octanol–water partition coefficient (Wildman–Crippen LogP) is 10.4. The van der Waals surface area contributed by atoms with E-state index in [0.717, 1.165) is 83.5 Å². The molecule has 1 saturated heterocycles. The molecule has 0 amide bonds. The van der Waals surface area contributed by atoms with E-state index in [1.165, 1.54) is 44.9 Å². The molecule has 1 heterocycles. The molecule has 1 fully saturated rings. The molecule has 9 nitrogen and oxygen atoms in total. The van der Waals surface area contributed by atoms with E-state index >= 15 is 0 Å². The van der Waals surface area contributed by atoms with Crippen LogP contribution >= 0.6 is 7.82 Å². The molecular weight excluding hydrogens is 643 g/mol. The molecule has 0 aromatic carbocycles. The van der Waals surface area contributed by atoms with Crippen LogP contribution in [0.15, 0.2) is 36.5 Å². The first kappa shape index (κ1) is 45.3. The summed E-state index contributed by atoms with van der Waals surface area (Å²) in [7, 11) is -4.76. The number of hydrogen-bond donors (Lipinski definition) is 2. The van der Waals surface area contributed by atoms with Gasteiger partial charge in [-0.1, -0.05) is 127 Å². The largest absolute Gasteiger partial charge is 0.469 e. The van der Waals surface area contributed by atoms with Gasteiger partial charge in [-0.05, 0) is 64.2 Å². The third-order valence-corrected chi connectivity index (χ3v) is 9.07. The third-order valence-electron chi connectivity index (χ3n) is 8.58. The van der Waals surface area contributed by atoms with Gasteiger partial charge < -0.3 is 24.0 Å². The number of unbranched alkanes of at least 4 members (excludes halogenated alkanes) is 16.